The van der Waals surface area contributed by atoms with E-state index in [1.54, 1.807) is 29.8 Å². The molecule has 8 heteroatoms. The van der Waals surface area contributed by atoms with Crippen LogP contribution in [0.2, 0.25) is 0 Å². The number of methoxy groups -OCH3 is 1. The van der Waals surface area contributed by atoms with Gasteiger partial charge in [-0.15, -0.1) is 0 Å². The summed E-state index contributed by atoms with van der Waals surface area (Å²) in [5.74, 6) is 0.0557. The molecule has 0 fully saturated rings. The Balaban J connectivity index is 2.09. The summed E-state index contributed by atoms with van der Waals surface area (Å²) in [5, 5.41) is 10.8. The molecule has 0 saturated heterocycles. The number of benzene rings is 1. The van der Waals surface area contributed by atoms with Gasteiger partial charge in [0.25, 0.3) is 5.69 Å². The second-order valence-corrected chi connectivity index (χ2v) is 4.76. The fourth-order valence-electron chi connectivity index (χ4n) is 2.26. The van der Waals surface area contributed by atoms with Gasteiger partial charge in [0.2, 0.25) is 0 Å². The zero-order chi connectivity index (χ0) is 15.9. The van der Waals surface area contributed by atoms with Crippen molar-refractivity contribution >= 4 is 22.7 Å². The van der Waals surface area contributed by atoms with Gasteiger partial charge >= 0.3 is 5.97 Å². The smallest absolute Gasteiger partial charge is 0.337 e. The summed E-state index contributed by atoms with van der Waals surface area (Å²) in [6, 6.07) is 6.39. The van der Waals surface area contributed by atoms with Crippen LogP contribution in [0, 0.1) is 10.1 Å². The lowest BCUT2D eigenvalue weighted by Crippen LogP contribution is -2.00. The van der Waals surface area contributed by atoms with E-state index in [-0.39, 0.29) is 5.69 Å². The second-order valence-electron chi connectivity index (χ2n) is 4.76. The SMILES string of the molecule is COC(=O)c1ccc2nc(-c3cc([N+](=O)[O-])cn3C)[nH]c2c1. The number of aromatic nitrogens is 3. The molecule has 1 N–H and O–H groups in total. The minimum absolute atomic E-state index is 0.00629. The number of nitrogens with zero attached hydrogens (tertiary/aromatic N) is 3. The number of aromatic amines is 1. The molecule has 0 spiro atoms. The lowest BCUT2D eigenvalue weighted by molar-refractivity contribution is -0.384. The molecule has 0 atom stereocenters. The van der Waals surface area contributed by atoms with Crippen LogP contribution in [-0.4, -0.2) is 32.5 Å². The number of nitrogens with one attached hydrogen (secondary N) is 1. The fraction of sp³-hybridized carbons (Fsp3) is 0.143. The first-order valence-electron chi connectivity index (χ1n) is 6.39. The maximum Gasteiger partial charge on any atom is 0.337 e. The Morgan fingerprint density at radius 3 is 2.82 bits per heavy atom. The Bertz CT molecular complexity index is 894. The van der Waals surface area contributed by atoms with E-state index in [1.807, 2.05) is 0 Å². The number of imidazole rings is 1. The number of esters is 1. The second kappa shape index (κ2) is 4.99. The van der Waals surface area contributed by atoms with Crippen LogP contribution in [0.3, 0.4) is 0 Å². The summed E-state index contributed by atoms with van der Waals surface area (Å²) < 4.78 is 6.30. The molecule has 0 aliphatic rings. The van der Waals surface area contributed by atoms with Gasteiger partial charge in [0.05, 0.1) is 40.5 Å². The number of aryl methyl sites for hydroxylation is 1. The first-order chi connectivity index (χ1) is 10.5. The summed E-state index contributed by atoms with van der Waals surface area (Å²) in [6.45, 7) is 0. The highest BCUT2D eigenvalue weighted by Crippen LogP contribution is 2.26. The average molecular weight is 300 g/mol. The number of fused-ring (bicyclic) bond motifs is 1. The largest absolute Gasteiger partial charge is 0.465 e. The van der Waals surface area contributed by atoms with Gasteiger partial charge in [0, 0.05) is 13.1 Å². The van der Waals surface area contributed by atoms with Crippen molar-refractivity contribution in [2.45, 2.75) is 0 Å². The molecule has 2 aromatic heterocycles. The van der Waals surface area contributed by atoms with E-state index in [0.29, 0.717) is 28.1 Å². The number of carbonyl (C=O) groups excluding carboxylic acids is 1. The van der Waals surface area contributed by atoms with Crippen LogP contribution >= 0.6 is 0 Å². The van der Waals surface area contributed by atoms with Crippen molar-refractivity contribution in [2.24, 2.45) is 7.05 Å². The third-order valence-electron chi connectivity index (χ3n) is 3.35. The monoisotopic (exact) mass is 300 g/mol. The summed E-state index contributed by atoms with van der Waals surface area (Å²) in [5.41, 5.74) is 2.30. The molecule has 3 aromatic rings. The van der Waals surface area contributed by atoms with Gasteiger partial charge < -0.3 is 14.3 Å². The van der Waals surface area contributed by atoms with Crippen molar-refractivity contribution in [1.82, 2.24) is 14.5 Å². The third kappa shape index (κ3) is 2.20. The van der Waals surface area contributed by atoms with Crippen molar-refractivity contribution in [3.8, 4) is 11.5 Å². The van der Waals surface area contributed by atoms with Crippen molar-refractivity contribution in [3.63, 3.8) is 0 Å². The van der Waals surface area contributed by atoms with Crippen LogP contribution in [-0.2, 0) is 11.8 Å². The molecule has 3 rings (SSSR count). The summed E-state index contributed by atoms with van der Waals surface area (Å²) >= 11 is 0. The minimum atomic E-state index is -0.457. The van der Waals surface area contributed by atoms with Crippen LogP contribution < -0.4 is 0 Å². The first kappa shape index (κ1) is 13.8. The Morgan fingerprint density at radius 2 is 2.18 bits per heavy atom. The van der Waals surface area contributed by atoms with Crippen LogP contribution in [0.25, 0.3) is 22.6 Å². The van der Waals surface area contributed by atoms with E-state index in [4.69, 9.17) is 0 Å². The van der Waals surface area contributed by atoms with E-state index in [1.165, 1.54) is 19.4 Å². The van der Waals surface area contributed by atoms with Crippen LogP contribution in [0.4, 0.5) is 5.69 Å². The Morgan fingerprint density at radius 1 is 1.41 bits per heavy atom. The van der Waals surface area contributed by atoms with Gasteiger partial charge in [-0.2, -0.15) is 0 Å². The van der Waals surface area contributed by atoms with Gasteiger partial charge in [-0.05, 0) is 18.2 Å². The lowest BCUT2D eigenvalue weighted by Gasteiger charge is -1.97. The Hall–Kier alpha value is -3.16. The molecule has 0 saturated carbocycles. The fourth-order valence-corrected chi connectivity index (χ4v) is 2.26. The number of carbonyl (C=O) groups is 1. The molecule has 0 bridgehead atoms. The zero-order valence-corrected chi connectivity index (χ0v) is 11.9. The van der Waals surface area contributed by atoms with Gasteiger partial charge in [-0.25, -0.2) is 9.78 Å². The predicted octanol–water partition coefficient (Wildman–Crippen LogP) is 2.26. The van der Waals surface area contributed by atoms with E-state index in [2.05, 4.69) is 14.7 Å². The summed E-state index contributed by atoms with van der Waals surface area (Å²) in [6.07, 6.45) is 1.42. The summed E-state index contributed by atoms with van der Waals surface area (Å²) in [7, 11) is 3.02. The van der Waals surface area contributed by atoms with Gasteiger partial charge in [-0.3, -0.25) is 10.1 Å². The van der Waals surface area contributed by atoms with Crippen molar-refractivity contribution < 1.29 is 14.5 Å². The maximum atomic E-state index is 11.5. The molecule has 2 heterocycles. The number of hydrogen-bond donors (Lipinski definition) is 1. The van der Waals surface area contributed by atoms with Crippen LogP contribution in [0.5, 0.6) is 0 Å². The van der Waals surface area contributed by atoms with Crippen LogP contribution in [0.15, 0.2) is 30.5 Å². The molecular weight excluding hydrogens is 288 g/mol. The van der Waals surface area contributed by atoms with Gasteiger partial charge in [-0.1, -0.05) is 0 Å². The van der Waals surface area contributed by atoms with E-state index in [9.17, 15) is 14.9 Å². The number of hydrogen-bond acceptors (Lipinski definition) is 5. The molecule has 0 aliphatic carbocycles. The Labute approximate surface area is 124 Å². The van der Waals surface area contributed by atoms with E-state index < -0.39 is 10.9 Å². The van der Waals surface area contributed by atoms with Crippen LogP contribution in [0.1, 0.15) is 10.4 Å². The average Bonchev–Trinajstić information content (AvgIpc) is 3.08. The molecule has 8 nitrogen and oxygen atoms in total. The highest BCUT2D eigenvalue weighted by molar-refractivity contribution is 5.94. The molecule has 0 radical (unpaired) electrons. The van der Waals surface area contributed by atoms with Crippen molar-refractivity contribution in [1.29, 1.82) is 0 Å². The molecule has 0 aliphatic heterocycles. The normalized spacial score (nSPS) is 10.8. The molecule has 0 amide bonds. The van der Waals surface area contributed by atoms with Gasteiger partial charge in [0.15, 0.2) is 5.82 Å². The number of ether oxygens (including phenoxy) is 1. The third-order valence-corrected chi connectivity index (χ3v) is 3.35. The quantitative estimate of drug-likeness (QED) is 0.454. The molecule has 112 valence electrons. The van der Waals surface area contributed by atoms with Crippen molar-refractivity contribution in [2.75, 3.05) is 7.11 Å². The molecule has 1 aromatic carbocycles. The topological polar surface area (TPSA) is 103 Å². The van der Waals surface area contributed by atoms with E-state index in [0.717, 1.165) is 0 Å². The Kier molecular flexibility index (Phi) is 3.13. The van der Waals surface area contributed by atoms with Gasteiger partial charge in [0.1, 0.15) is 0 Å². The molecule has 0 unspecified atom stereocenters. The highest BCUT2D eigenvalue weighted by atomic mass is 16.6. The minimum Gasteiger partial charge on any atom is -0.465 e. The molecular formula is C14H12N4O4. The number of rotatable bonds is 3. The number of H-pyrrole nitrogens is 1. The maximum absolute atomic E-state index is 11.5. The predicted molar refractivity (Wildman–Crippen MR) is 78.5 cm³/mol. The standard InChI is InChI=1S/C14H12N4O4/c1-17-7-9(18(20)21)6-12(17)13-15-10-4-3-8(14(19)22-2)5-11(10)16-13/h3-7H,1-2H3,(H,15,16). The molecule has 22 heavy (non-hydrogen) atoms. The van der Waals surface area contributed by atoms with E-state index >= 15 is 0 Å². The summed E-state index contributed by atoms with van der Waals surface area (Å²) in [4.78, 5) is 29.4. The lowest BCUT2D eigenvalue weighted by atomic mass is 10.2. The first-order valence-corrected chi connectivity index (χ1v) is 6.39. The number of nitro groups is 1. The zero-order valence-electron chi connectivity index (χ0n) is 11.9. The van der Waals surface area contributed by atoms with Crippen molar-refractivity contribution in [3.05, 3.63) is 46.1 Å². The highest BCUT2D eigenvalue weighted by Gasteiger charge is 2.16.